The van der Waals surface area contributed by atoms with Gasteiger partial charge < -0.3 is 5.32 Å². The van der Waals surface area contributed by atoms with Crippen LogP contribution in [0.3, 0.4) is 0 Å². The first-order chi connectivity index (χ1) is 13.4. The van der Waals surface area contributed by atoms with Crippen LogP contribution in [0, 0.1) is 12.8 Å². The first-order valence-electron chi connectivity index (χ1n) is 10.2. The van der Waals surface area contributed by atoms with Crippen molar-refractivity contribution < 1.29 is 0 Å². The number of fused-ring (bicyclic) bond motifs is 1. The fourth-order valence-corrected chi connectivity index (χ4v) is 3.57. The van der Waals surface area contributed by atoms with Gasteiger partial charge in [-0.2, -0.15) is 0 Å². The van der Waals surface area contributed by atoms with Crippen LogP contribution in [0.1, 0.15) is 68.5 Å². The van der Waals surface area contributed by atoms with Crippen LogP contribution in [0.4, 0.5) is 0 Å². The second-order valence-electron chi connectivity index (χ2n) is 8.10. The van der Waals surface area contributed by atoms with E-state index >= 15 is 0 Å². The van der Waals surface area contributed by atoms with Crippen LogP contribution in [0.15, 0.2) is 53.5 Å². The number of aryl methyl sites for hydroxylation is 1. The zero-order chi connectivity index (χ0) is 20.3. The van der Waals surface area contributed by atoms with E-state index in [0.29, 0.717) is 24.0 Å². The maximum absolute atomic E-state index is 12.4. The van der Waals surface area contributed by atoms with Gasteiger partial charge in [0.25, 0.3) is 5.56 Å². The summed E-state index contributed by atoms with van der Waals surface area (Å²) in [5, 5.41) is 3.61. The zero-order valence-corrected chi connectivity index (χ0v) is 17.6. The molecule has 28 heavy (non-hydrogen) atoms. The van der Waals surface area contributed by atoms with Crippen LogP contribution in [-0.4, -0.2) is 9.38 Å². The normalized spacial score (nSPS) is 13.8. The van der Waals surface area contributed by atoms with Gasteiger partial charge >= 0.3 is 0 Å². The van der Waals surface area contributed by atoms with Gasteiger partial charge in [-0.25, -0.2) is 4.98 Å². The van der Waals surface area contributed by atoms with Gasteiger partial charge in [0.2, 0.25) is 0 Å². The van der Waals surface area contributed by atoms with E-state index in [1.165, 1.54) is 11.1 Å². The molecule has 2 heterocycles. The standard InChI is InChI=1S/C24H31N3O/c1-6-18(5)19-8-10-20(11-9-19)24(16(2)3)25-14-21-13-23(28)27-15-17(4)7-12-22(27)26-21/h7-13,15-16,18,24-25H,6,14H2,1-5H3/t18-,24+/m1/s1. The van der Waals surface area contributed by atoms with E-state index < -0.39 is 0 Å². The number of rotatable bonds is 7. The summed E-state index contributed by atoms with van der Waals surface area (Å²) in [6.07, 6.45) is 2.98. The lowest BCUT2D eigenvalue weighted by molar-refractivity contribution is 0.408. The number of benzene rings is 1. The highest BCUT2D eigenvalue weighted by atomic mass is 16.1. The van der Waals surface area contributed by atoms with Crippen LogP contribution >= 0.6 is 0 Å². The highest BCUT2D eigenvalue weighted by molar-refractivity contribution is 5.40. The van der Waals surface area contributed by atoms with Gasteiger partial charge in [-0.1, -0.05) is 58.0 Å². The van der Waals surface area contributed by atoms with Gasteiger partial charge in [-0.15, -0.1) is 0 Å². The van der Waals surface area contributed by atoms with Crippen molar-refractivity contribution >= 4 is 5.65 Å². The molecule has 0 radical (unpaired) electrons. The summed E-state index contributed by atoms with van der Waals surface area (Å²) in [5.74, 6) is 1.01. The number of hydrogen-bond acceptors (Lipinski definition) is 3. The van der Waals surface area contributed by atoms with E-state index in [9.17, 15) is 4.79 Å². The molecule has 1 aromatic carbocycles. The minimum atomic E-state index is -0.0375. The Kier molecular flexibility index (Phi) is 6.30. The van der Waals surface area contributed by atoms with Gasteiger partial charge in [-0.05, 0) is 47.9 Å². The maximum Gasteiger partial charge on any atom is 0.258 e. The molecule has 3 aromatic rings. The molecule has 148 valence electrons. The lowest BCUT2D eigenvalue weighted by atomic mass is 9.92. The van der Waals surface area contributed by atoms with E-state index in [4.69, 9.17) is 0 Å². The van der Waals surface area contributed by atoms with Crippen molar-refractivity contribution in [1.29, 1.82) is 0 Å². The molecule has 0 saturated carbocycles. The highest BCUT2D eigenvalue weighted by Gasteiger charge is 2.16. The fraction of sp³-hybridized carbons (Fsp3) is 0.417. The SMILES string of the molecule is CC[C@@H](C)c1ccc([C@@H](NCc2cc(=O)n3cc(C)ccc3n2)C(C)C)cc1. The molecule has 0 aliphatic heterocycles. The van der Waals surface area contributed by atoms with E-state index in [2.05, 4.69) is 62.3 Å². The molecule has 2 aromatic heterocycles. The van der Waals surface area contributed by atoms with E-state index in [-0.39, 0.29) is 11.6 Å². The first-order valence-corrected chi connectivity index (χ1v) is 10.2. The van der Waals surface area contributed by atoms with E-state index in [0.717, 1.165) is 17.7 Å². The highest BCUT2D eigenvalue weighted by Crippen LogP contribution is 2.25. The molecule has 0 amide bonds. The number of nitrogens with one attached hydrogen (secondary N) is 1. The lowest BCUT2D eigenvalue weighted by Gasteiger charge is -2.23. The molecule has 0 unspecified atom stereocenters. The van der Waals surface area contributed by atoms with Crippen molar-refractivity contribution in [3.05, 3.63) is 81.4 Å². The van der Waals surface area contributed by atoms with Crippen LogP contribution in [-0.2, 0) is 6.54 Å². The summed E-state index contributed by atoms with van der Waals surface area (Å²) in [4.78, 5) is 17.1. The van der Waals surface area contributed by atoms with E-state index in [1.54, 1.807) is 10.5 Å². The summed E-state index contributed by atoms with van der Waals surface area (Å²) in [5.41, 5.74) is 5.13. The molecule has 1 N–H and O–H groups in total. The molecular weight excluding hydrogens is 346 g/mol. The van der Waals surface area contributed by atoms with Gasteiger partial charge in [0.05, 0.1) is 5.69 Å². The van der Waals surface area contributed by atoms with Crippen LogP contribution in [0.5, 0.6) is 0 Å². The first kappa shape index (κ1) is 20.3. The molecule has 2 atom stereocenters. The monoisotopic (exact) mass is 377 g/mol. The zero-order valence-electron chi connectivity index (χ0n) is 17.6. The molecule has 0 aliphatic carbocycles. The molecule has 0 spiro atoms. The number of aromatic nitrogens is 2. The smallest absolute Gasteiger partial charge is 0.258 e. The Hall–Kier alpha value is -2.46. The predicted molar refractivity (Wildman–Crippen MR) is 116 cm³/mol. The molecular formula is C24H31N3O. The average molecular weight is 378 g/mol. The molecule has 3 rings (SSSR count). The molecule has 0 fully saturated rings. The summed E-state index contributed by atoms with van der Waals surface area (Å²) in [6.45, 7) is 11.4. The second kappa shape index (κ2) is 8.70. The third-order valence-corrected chi connectivity index (χ3v) is 5.51. The van der Waals surface area contributed by atoms with Gasteiger partial charge in [0, 0.05) is 24.8 Å². The fourth-order valence-electron chi connectivity index (χ4n) is 3.57. The Balaban J connectivity index is 1.79. The van der Waals surface area contributed by atoms with Gasteiger partial charge in [0.15, 0.2) is 0 Å². The number of nitrogens with zero attached hydrogens (tertiary/aromatic N) is 2. The largest absolute Gasteiger partial charge is 0.304 e. The quantitative estimate of drug-likeness (QED) is 0.630. The maximum atomic E-state index is 12.4. The minimum Gasteiger partial charge on any atom is -0.304 e. The number of pyridine rings is 1. The Labute approximate surface area is 167 Å². The van der Waals surface area contributed by atoms with Crippen LogP contribution in [0.25, 0.3) is 5.65 Å². The molecule has 0 bridgehead atoms. The summed E-state index contributed by atoms with van der Waals surface area (Å²) in [7, 11) is 0. The predicted octanol–water partition coefficient (Wildman–Crippen LogP) is 5.00. The lowest BCUT2D eigenvalue weighted by Crippen LogP contribution is -2.27. The van der Waals surface area contributed by atoms with Crippen molar-refractivity contribution in [3.8, 4) is 0 Å². The van der Waals surface area contributed by atoms with Crippen LogP contribution in [0.2, 0.25) is 0 Å². The summed E-state index contributed by atoms with van der Waals surface area (Å²) >= 11 is 0. The van der Waals surface area contributed by atoms with Crippen LogP contribution < -0.4 is 10.9 Å². The average Bonchev–Trinajstić information content (AvgIpc) is 2.68. The van der Waals surface area contributed by atoms with Crippen molar-refractivity contribution in [2.75, 3.05) is 0 Å². The Morgan fingerprint density at radius 2 is 1.71 bits per heavy atom. The van der Waals surface area contributed by atoms with Crippen molar-refractivity contribution in [2.24, 2.45) is 5.92 Å². The van der Waals surface area contributed by atoms with Crippen molar-refractivity contribution in [3.63, 3.8) is 0 Å². The summed E-state index contributed by atoms with van der Waals surface area (Å²) < 4.78 is 1.60. The minimum absolute atomic E-state index is 0.0375. The molecule has 4 nitrogen and oxygen atoms in total. The van der Waals surface area contributed by atoms with E-state index in [1.807, 2.05) is 25.3 Å². The molecule has 4 heteroatoms. The molecule has 0 aliphatic rings. The second-order valence-corrected chi connectivity index (χ2v) is 8.10. The summed E-state index contributed by atoms with van der Waals surface area (Å²) in [6, 6.07) is 14.7. The Morgan fingerprint density at radius 1 is 1.04 bits per heavy atom. The van der Waals surface area contributed by atoms with Crippen molar-refractivity contribution in [2.45, 2.75) is 59.5 Å². The van der Waals surface area contributed by atoms with Gasteiger partial charge in [-0.3, -0.25) is 9.20 Å². The van der Waals surface area contributed by atoms with Crippen molar-refractivity contribution in [1.82, 2.24) is 14.7 Å². The Bertz CT molecular complexity index is 989. The topological polar surface area (TPSA) is 46.4 Å². The number of hydrogen-bond donors (Lipinski definition) is 1. The molecule has 0 saturated heterocycles. The Morgan fingerprint density at radius 3 is 2.36 bits per heavy atom. The van der Waals surface area contributed by atoms with Gasteiger partial charge in [0.1, 0.15) is 5.65 Å². The third kappa shape index (κ3) is 4.50. The third-order valence-electron chi connectivity index (χ3n) is 5.51.